The van der Waals surface area contributed by atoms with Crippen molar-refractivity contribution in [3.05, 3.63) is 89.5 Å². The number of halogens is 2. The molecule has 40 heavy (non-hydrogen) atoms. The van der Waals surface area contributed by atoms with Gasteiger partial charge in [0.15, 0.2) is 0 Å². The van der Waals surface area contributed by atoms with Gasteiger partial charge in [0.25, 0.3) is 5.91 Å². The van der Waals surface area contributed by atoms with Gasteiger partial charge in [0.05, 0.1) is 22.8 Å². The third-order valence-electron chi connectivity index (χ3n) is 6.27. The minimum Gasteiger partial charge on any atom is -0.491 e. The molecule has 0 atom stereocenters. The van der Waals surface area contributed by atoms with Gasteiger partial charge < -0.3 is 24.6 Å². The average molecular weight is 562 g/mol. The van der Waals surface area contributed by atoms with Crippen LogP contribution in [0.2, 0.25) is 5.02 Å². The molecule has 0 spiro atoms. The maximum absolute atomic E-state index is 13.5. The zero-order valence-corrected chi connectivity index (χ0v) is 23.0. The highest BCUT2D eigenvalue weighted by atomic mass is 35.5. The van der Waals surface area contributed by atoms with E-state index >= 15 is 0 Å². The lowest BCUT2D eigenvalue weighted by Gasteiger charge is -2.21. The second kappa shape index (κ2) is 12.3. The summed E-state index contributed by atoms with van der Waals surface area (Å²) in [5.41, 5.74) is 2.74. The number of rotatable bonds is 8. The maximum Gasteiger partial charge on any atom is 0.250 e. The molecule has 2 heterocycles. The summed E-state index contributed by atoms with van der Waals surface area (Å²) in [6.07, 6.45) is 5.62. The quantitative estimate of drug-likeness (QED) is 0.265. The van der Waals surface area contributed by atoms with E-state index in [9.17, 15) is 9.18 Å². The number of hydrogen-bond acceptors (Lipinski definition) is 7. The third-order valence-corrected chi connectivity index (χ3v) is 6.56. The molecule has 5 rings (SSSR count). The molecule has 0 fully saturated rings. The van der Waals surface area contributed by atoms with Crippen LogP contribution in [-0.2, 0) is 11.4 Å². The van der Waals surface area contributed by atoms with Crippen LogP contribution >= 0.6 is 11.6 Å². The Morgan fingerprint density at radius 2 is 2.08 bits per heavy atom. The van der Waals surface area contributed by atoms with Gasteiger partial charge in [-0.3, -0.25) is 4.79 Å². The number of nitrogens with one attached hydrogen (secondary N) is 1. The molecular formula is C30H29ClFN5O3. The second-order valence-corrected chi connectivity index (χ2v) is 10.0. The van der Waals surface area contributed by atoms with Crippen molar-refractivity contribution in [3.63, 3.8) is 0 Å². The number of hydrogen-bond donors (Lipinski definition) is 1. The van der Waals surface area contributed by atoms with E-state index in [2.05, 4.69) is 15.3 Å². The molecule has 8 nitrogen and oxygen atoms in total. The van der Waals surface area contributed by atoms with Crippen LogP contribution in [0.4, 0.5) is 21.6 Å². The lowest BCUT2D eigenvalue weighted by atomic mass is 10.1. The molecule has 0 unspecified atom stereocenters. The highest BCUT2D eigenvalue weighted by molar-refractivity contribution is 6.32. The predicted octanol–water partition coefficient (Wildman–Crippen LogP) is 5.98. The van der Waals surface area contributed by atoms with Crippen LogP contribution in [0.5, 0.6) is 11.5 Å². The predicted molar refractivity (Wildman–Crippen MR) is 155 cm³/mol. The molecule has 1 aliphatic rings. The Kier molecular flexibility index (Phi) is 8.42. The van der Waals surface area contributed by atoms with Gasteiger partial charge >= 0.3 is 0 Å². The highest BCUT2D eigenvalue weighted by Gasteiger charge is 2.23. The van der Waals surface area contributed by atoms with Gasteiger partial charge in [0, 0.05) is 36.3 Å². The molecule has 1 aliphatic heterocycles. The monoisotopic (exact) mass is 561 g/mol. The number of benzene rings is 3. The fourth-order valence-corrected chi connectivity index (χ4v) is 4.56. The SMILES string of the molecule is CN(C)C/C=C/C(=O)N1CCCOc2cc3ncnc(Nc4ccc(OCc5cccc(F)c5)c(Cl)c4)c3cc21. The Labute approximate surface area is 237 Å². The van der Waals surface area contributed by atoms with E-state index in [0.717, 1.165) is 5.39 Å². The second-order valence-electron chi connectivity index (χ2n) is 9.60. The summed E-state index contributed by atoms with van der Waals surface area (Å²) in [6.45, 7) is 1.89. The Balaban J connectivity index is 1.39. The van der Waals surface area contributed by atoms with Crippen LogP contribution in [0.3, 0.4) is 0 Å². The van der Waals surface area contributed by atoms with E-state index < -0.39 is 0 Å². The number of anilines is 3. The van der Waals surface area contributed by atoms with Crippen LogP contribution in [0, 0.1) is 5.82 Å². The van der Waals surface area contributed by atoms with Crippen LogP contribution in [0.25, 0.3) is 10.9 Å². The van der Waals surface area contributed by atoms with Crippen LogP contribution in [0.15, 0.2) is 73.1 Å². The molecule has 0 saturated carbocycles. The summed E-state index contributed by atoms with van der Waals surface area (Å²) in [6, 6.07) is 15.2. The van der Waals surface area contributed by atoms with E-state index in [1.807, 2.05) is 43.3 Å². The van der Waals surface area contributed by atoms with E-state index in [0.29, 0.717) is 70.9 Å². The minimum atomic E-state index is -0.319. The van der Waals surface area contributed by atoms with E-state index in [4.69, 9.17) is 21.1 Å². The van der Waals surface area contributed by atoms with Crippen molar-refractivity contribution in [2.45, 2.75) is 13.0 Å². The van der Waals surface area contributed by atoms with Crippen molar-refractivity contribution >= 4 is 45.6 Å². The van der Waals surface area contributed by atoms with Crippen molar-refractivity contribution in [2.24, 2.45) is 0 Å². The molecule has 0 aliphatic carbocycles. The molecule has 1 N–H and O–H groups in total. The Bertz CT molecular complexity index is 1560. The van der Waals surface area contributed by atoms with Gasteiger partial charge in [0.2, 0.25) is 0 Å². The summed E-state index contributed by atoms with van der Waals surface area (Å²) in [7, 11) is 3.90. The number of fused-ring (bicyclic) bond motifs is 2. The Morgan fingerprint density at radius 1 is 1.20 bits per heavy atom. The summed E-state index contributed by atoms with van der Waals surface area (Å²) in [5, 5.41) is 4.42. The molecule has 206 valence electrons. The number of carbonyl (C=O) groups excluding carboxylic acids is 1. The fraction of sp³-hybridized carbons (Fsp3) is 0.233. The van der Waals surface area contributed by atoms with Crippen molar-refractivity contribution in [1.82, 2.24) is 14.9 Å². The van der Waals surface area contributed by atoms with Gasteiger partial charge in [-0.1, -0.05) is 29.8 Å². The molecule has 3 aromatic carbocycles. The fourth-order valence-electron chi connectivity index (χ4n) is 4.33. The van der Waals surface area contributed by atoms with Crippen LogP contribution in [-0.4, -0.2) is 54.6 Å². The zero-order chi connectivity index (χ0) is 28.1. The largest absolute Gasteiger partial charge is 0.491 e. The first kappa shape index (κ1) is 27.4. The van der Waals surface area contributed by atoms with Gasteiger partial charge in [-0.2, -0.15) is 0 Å². The van der Waals surface area contributed by atoms with E-state index in [1.54, 1.807) is 35.2 Å². The maximum atomic E-state index is 13.5. The summed E-state index contributed by atoms with van der Waals surface area (Å²) in [5.74, 6) is 1.20. The normalized spacial score (nSPS) is 13.3. The standard InChI is InChI=1S/C30H29ClFN5O3/c1-36(2)11-4-8-29(38)37-12-5-13-39-28-17-25-23(16-26(28)37)30(34-19-33-25)35-22-9-10-27(24(31)15-22)40-18-20-6-3-7-21(32)14-20/h3-4,6-10,14-17,19H,5,11-13,18H2,1-2H3,(H,33,34,35)/b8-4+. The van der Waals surface area contributed by atoms with Gasteiger partial charge in [0.1, 0.15) is 36.1 Å². The summed E-state index contributed by atoms with van der Waals surface area (Å²) >= 11 is 6.50. The lowest BCUT2D eigenvalue weighted by Crippen LogP contribution is -2.30. The topological polar surface area (TPSA) is 79.8 Å². The van der Waals surface area contributed by atoms with Crippen molar-refractivity contribution in [2.75, 3.05) is 44.0 Å². The lowest BCUT2D eigenvalue weighted by molar-refractivity contribution is -0.114. The number of amides is 1. The summed E-state index contributed by atoms with van der Waals surface area (Å²) in [4.78, 5) is 25.7. The third kappa shape index (κ3) is 6.50. The first-order valence-corrected chi connectivity index (χ1v) is 13.2. The number of aromatic nitrogens is 2. The van der Waals surface area contributed by atoms with Crippen LogP contribution < -0.4 is 19.7 Å². The van der Waals surface area contributed by atoms with E-state index in [-0.39, 0.29) is 18.3 Å². The van der Waals surface area contributed by atoms with Gasteiger partial charge in [-0.15, -0.1) is 0 Å². The molecule has 0 bridgehead atoms. The zero-order valence-electron chi connectivity index (χ0n) is 22.2. The molecule has 0 radical (unpaired) electrons. The highest BCUT2D eigenvalue weighted by Crippen LogP contribution is 2.38. The van der Waals surface area contributed by atoms with Gasteiger partial charge in [-0.05, 0) is 62.5 Å². The smallest absolute Gasteiger partial charge is 0.250 e. The number of ether oxygens (including phenoxy) is 2. The molecule has 10 heteroatoms. The molecule has 1 aromatic heterocycles. The van der Waals surface area contributed by atoms with E-state index in [1.165, 1.54) is 18.5 Å². The van der Waals surface area contributed by atoms with Gasteiger partial charge in [-0.25, -0.2) is 14.4 Å². The molecule has 0 saturated heterocycles. The molecule has 1 amide bonds. The van der Waals surface area contributed by atoms with Crippen molar-refractivity contribution < 1.29 is 18.7 Å². The molecule has 4 aromatic rings. The van der Waals surface area contributed by atoms with Crippen LogP contribution in [0.1, 0.15) is 12.0 Å². The number of likely N-dealkylation sites (N-methyl/N-ethyl adjacent to an activating group) is 1. The Morgan fingerprint density at radius 3 is 2.88 bits per heavy atom. The first-order chi connectivity index (χ1) is 19.4. The van der Waals surface area contributed by atoms with Crippen molar-refractivity contribution in [1.29, 1.82) is 0 Å². The van der Waals surface area contributed by atoms with Crippen molar-refractivity contribution in [3.8, 4) is 11.5 Å². The first-order valence-electron chi connectivity index (χ1n) is 12.9. The average Bonchev–Trinajstić information content (AvgIpc) is 3.13. The summed E-state index contributed by atoms with van der Waals surface area (Å²) < 4.78 is 25.2. The Hall–Kier alpha value is -4.21. The number of carbonyl (C=O) groups is 1. The number of nitrogens with zero attached hydrogens (tertiary/aromatic N) is 4. The minimum absolute atomic E-state index is 0.111. The molecular weight excluding hydrogens is 533 g/mol.